The number of hydrogen-bond donors (Lipinski definition) is 0. The molecule has 0 atom stereocenters. The molecule has 0 bridgehead atoms. The summed E-state index contributed by atoms with van der Waals surface area (Å²) in [5.41, 5.74) is 7.97. The minimum atomic E-state index is 0.713. The zero-order valence-corrected chi connectivity index (χ0v) is 21.0. The molecule has 6 aromatic carbocycles. The lowest BCUT2D eigenvalue weighted by atomic mass is 9.93. The number of benzene rings is 6. The fourth-order valence-electron chi connectivity index (χ4n) is 5.70. The lowest BCUT2D eigenvalue weighted by Gasteiger charge is -2.11. The molecule has 2 heterocycles. The molecule has 3 nitrogen and oxygen atoms in total. The van der Waals surface area contributed by atoms with Crippen LogP contribution in [-0.4, -0.2) is 9.97 Å². The molecule has 2 aromatic heterocycles. The van der Waals surface area contributed by atoms with Gasteiger partial charge in [-0.2, -0.15) is 0 Å². The second-order valence-electron chi connectivity index (χ2n) is 9.77. The van der Waals surface area contributed by atoms with Crippen molar-refractivity contribution in [3.05, 3.63) is 133 Å². The molecule has 0 radical (unpaired) electrons. The van der Waals surface area contributed by atoms with Crippen molar-refractivity contribution >= 4 is 43.6 Å². The van der Waals surface area contributed by atoms with E-state index in [1.807, 2.05) is 30.3 Å². The van der Waals surface area contributed by atoms with Crippen LogP contribution < -0.4 is 0 Å². The summed E-state index contributed by atoms with van der Waals surface area (Å²) in [7, 11) is 0. The van der Waals surface area contributed by atoms with Crippen molar-refractivity contribution in [3.63, 3.8) is 0 Å². The van der Waals surface area contributed by atoms with Gasteiger partial charge < -0.3 is 4.42 Å². The summed E-state index contributed by atoms with van der Waals surface area (Å²) in [6, 6.07) is 46.0. The summed E-state index contributed by atoms with van der Waals surface area (Å²) < 4.78 is 6.60. The number of rotatable bonds is 3. The Morgan fingerprint density at radius 2 is 1.13 bits per heavy atom. The van der Waals surface area contributed by atoms with Crippen molar-refractivity contribution in [1.29, 1.82) is 0 Å². The molecule has 0 aliphatic heterocycles. The fourth-order valence-corrected chi connectivity index (χ4v) is 5.70. The summed E-state index contributed by atoms with van der Waals surface area (Å²) in [4.78, 5) is 10.1. The molecule has 3 heteroatoms. The lowest BCUT2D eigenvalue weighted by Crippen LogP contribution is -1.95. The predicted octanol–water partition coefficient (Wildman–Crippen LogP) is 9.68. The Kier molecular flexibility index (Phi) is 4.82. The van der Waals surface area contributed by atoms with E-state index in [0.29, 0.717) is 5.82 Å². The molecule has 0 spiro atoms. The maximum Gasteiger partial charge on any atom is 0.160 e. The van der Waals surface area contributed by atoms with Crippen LogP contribution in [0.1, 0.15) is 0 Å². The average molecular weight is 499 g/mol. The SMILES string of the molecule is c1ccc(-c2nc(-c3cccc4oc5c6ccccc6c(-c6ccccc6)cc5c34)c3ccccc3n2)cc1. The van der Waals surface area contributed by atoms with Crippen LogP contribution in [-0.2, 0) is 0 Å². The Balaban J connectivity index is 1.50. The molecular weight excluding hydrogens is 476 g/mol. The Morgan fingerprint density at radius 1 is 0.462 bits per heavy atom. The van der Waals surface area contributed by atoms with E-state index < -0.39 is 0 Å². The number of nitrogens with zero attached hydrogens (tertiary/aromatic N) is 2. The van der Waals surface area contributed by atoms with Gasteiger partial charge in [0.1, 0.15) is 11.2 Å². The highest BCUT2D eigenvalue weighted by Gasteiger charge is 2.20. The van der Waals surface area contributed by atoms with Gasteiger partial charge >= 0.3 is 0 Å². The number of fused-ring (bicyclic) bond motifs is 6. The molecule has 0 saturated heterocycles. The van der Waals surface area contributed by atoms with Gasteiger partial charge in [-0.25, -0.2) is 9.97 Å². The second kappa shape index (κ2) is 8.64. The number of para-hydroxylation sites is 1. The average Bonchev–Trinajstić information content (AvgIpc) is 3.40. The Hall–Kier alpha value is -5.28. The van der Waals surface area contributed by atoms with Gasteiger partial charge in [-0.3, -0.25) is 0 Å². The van der Waals surface area contributed by atoms with E-state index in [1.165, 1.54) is 16.5 Å². The first-order valence-corrected chi connectivity index (χ1v) is 13.1. The Labute approximate surface area is 225 Å². The summed E-state index contributed by atoms with van der Waals surface area (Å²) in [6.07, 6.45) is 0. The van der Waals surface area contributed by atoms with Crippen molar-refractivity contribution in [2.75, 3.05) is 0 Å². The van der Waals surface area contributed by atoms with Crippen LogP contribution in [0.25, 0.3) is 77.4 Å². The van der Waals surface area contributed by atoms with Gasteiger partial charge in [0.2, 0.25) is 0 Å². The first-order valence-electron chi connectivity index (χ1n) is 13.1. The molecule has 0 aliphatic rings. The van der Waals surface area contributed by atoms with Crippen molar-refractivity contribution < 1.29 is 4.42 Å². The molecule has 8 rings (SSSR count). The highest BCUT2D eigenvalue weighted by molar-refractivity contribution is 6.22. The maximum absolute atomic E-state index is 6.60. The van der Waals surface area contributed by atoms with Crippen LogP contribution in [0.5, 0.6) is 0 Å². The van der Waals surface area contributed by atoms with Crippen LogP contribution in [0.4, 0.5) is 0 Å². The molecule has 0 unspecified atom stereocenters. The van der Waals surface area contributed by atoms with Gasteiger partial charge in [-0.05, 0) is 34.7 Å². The van der Waals surface area contributed by atoms with Crippen LogP contribution in [0, 0.1) is 0 Å². The minimum absolute atomic E-state index is 0.713. The zero-order valence-electron chi connectivity index (χ0n) is 21.0. The first-order chi connectivity index (χ1) is 19.3. The van der Waals surface area contributed by atoms with Crippen LogP contribution >= 0.6 is 0 Å². The van der Waals surface area contributed by atoms with Gasteiger partial charge in [0.05, 0.1) is 11.2 Å². The zero-order chi connectivity index (χ0) is 25.8. The molecule has 8 aromatic rings. The maximum atomic E-state index is 6.60. The molecule has 39 heavy (non-hydrogen) atoms. The smallest absolute Gasteiger partial charge is 0.160 e. The molecule has 0 fully saturated rings. The molecule has 0 amide bonds. The first kappa shape index (κ1) is 21.8. The number of aromatic nitrogens is 2. The Morgan fingerprint density at radius 3 is 1.92 bits per heavy atom. The largest absolute Gasteiger partial charge is 0.455 e. The monoisotopic (exact) mass is 498 g/mol. The van der Waals surface area contributed by atoms with E-state index in [4.69, 9.17) is 14.4 Å². The second-order valence-corrected chi connectivity index (χ2v) is 9.77. The third-order valence-corrected chi connectivity index (χ3v) is 7.48. The number of hydrogen-bond acceptors (Lipinski definition) is 3. The van der Waals surface area contributed by atoms with E-state index in [1.54, 1.807) is 0 Å². The molecule has 0 saturated carbocycles. The van der Waals surface area contributed by atoms with E-state index in [-0.39, 0.29) is 0 Å². The summed E-state index contributed by atoms with van der Waals surface area (Å²) in [5, 5.41) is 5.45. The van der Waals surface area contributed by atoms with E-state index in [2.05, 4.69) is 103 Å². The van der Waals surface area contributed by atoms with Crippen LogP contribution in [0.15, 0.2) is 138 Å². The fraction of sp³-hybridized carbons (Fsp3) is 0. The summed E-state index contributed by atoms with van der Waals surface area (Å²) in [5.74, 6) is 0.713. The van der Waals surface area contributed by atoms with E-state index >= 15 is 0 Å². The van der Waals surface area contributed by atoms with Crippen molar-refractivity contribution in [1.82, 2.24) is 9.97 Å². The van der Waals surface area contributed by atoms with Crippen molar-refractivity contribution in [3.8, 4) is 33.8 Å². The van der Waals surface area contributed by atoms with Crippen molar-refractivity contribution in [2.45, 2.75) is 0 Å². The molecular formula is C36H22N2O. The normalized spacial score (nSPS) is 11.6. The lowest BCUT2D eigenvalue weighted by molar-refractivity contribution is 0.673. The topological polar surface area (TPSA) is 38.9 Å². The van der Waals surface area contributed by atoms with E-state index in [0.717, 1.165) is 55.0 Å². The highest BCUT2D eigenvalue weighted by Crippen LogP contribution is 2.43. The quantitative estimate of drug-likeness (QED) is 0.243. The standard InChI is InChI=1S/C36H22N2O/c1-3-12-23(13-4-1)29-22-30-33-28(19-11-21-32(33)39-35(30)26-17-8-7-16-25(26)29)34-27-18-9-10-20-31(27)37-36(38-34)24-14-5-2-6-15-24/h1-22H. The van der Waals surface area contributed by atoms with E-state index in [9.17, 15) is 0 Å². The van der Waals surface area contributed by atoms with Crippen LogP contribution in [0.3, 0.4) is 0 Å². The summed E-state index contributed by atoms with van der Waals surface area (Å²) in [6.45, 7) is 0. The third kappa shape index (κ3) is 3.44. The van der Waals surface area contributed by atoms with Gasteiger partial charge in [-0.15, -0.1) is 0 Å². The van der Waals surface area contributed by atoms with Gasteiger partial charge in [0.25, 0.3) is 0 Å². The predicted molar refractivity (Wildman–Crippen MR) is 161 cm³/mol. The Bertz CT molecular complexity index is 2160. The number of furan rings is 1. The van der Waals surface area contributed by atoms with Gasteiger partial charge in [0, 0.05) is 32.7 Å². The van der Waals surface area contributed by atoms with Gasteiger partial charge in [-0.1, -0.05) is 115 Å². The third-order valence-electron chi connectivity index (χ3n) is 7.48. The molecule has 182 valence electrons. The molecule has 0 aliphatic carbocycles. The summed E-state index contributed by atoms with van der Waals surface area (Å²) >= 11 is 0. The van der Waals surface area contributed by atoms with Crippen molar-refractivity contribution in [2.24, 2.45) is 0 Å². The molecule has 0 N–H and O–H groups in total. The minimum Gasteiger partial charge on any atom is -0.455 e. The van der Waals surface area contributed by atoms with Gasteiger partial charge in [0.15, 0.2) is 5.82 Å². The highest BCUT2D eigenvalue weighted by atomic mass is 16.3. The van der Waals surface area contributed by atoms with Crippen LogP contribution in [0.2, 0.25) is 0 Å².